The van der Waals surface area contributed by atoms with Gasteiger partial charge in [0, 0.05) is 38.8 Å². The minimum atomic E-state index is -0.932. The number of carbonyl (C=O) groups excluding carboxylic acids is 3. The van der Waals surface area contributed by atoms with Crippen LogP contribution in [0.25, 0.3) is 0 Å². The third-order valence-electron chi connectivity index (χ3n) is 7.08. The normalized spacial score (nSPS) is 21.1. The van der Waals surface area contributed by atoms with E-state index in [0.29, 0.717) is 51.9 Å². The third kappa shape index (κ3) is 4.93. The molecule has 0 bridgehead atoms. The number of methoxy groups -OCH3 is 1. The molecule has 4 rings (SSSR count). The van der Waals surface area contributed by atoms with Gasteiger partial charge in [0.2, 0.25) is 5.91 Å². The molecule has 3 heterocycles. The van der Waals surface area contributed by atoms with Gasteiger partial charge in [-0.2, -0.15) is 5.10 Å². The monoisotopic (exact) mass is 467 g/mol. The number of ether oxygens (including phenoxy) is 1. The Morgan fingerprint density at radius 1 is 1.15 bits per heavy atom. The number of hydrogen-bond acceptors (Lipinski definition) is 5. The van der Waals surface area contributed by atoms with E-state index in [1.165, 1.54) is 4.90 Å². The fourth-order valence-electron chi connectivity index (χ4n) is 4.89. The van der Waals surface area contributed by atoms with Crippen LogP contribution in [0.15, 0.2) is 36.5 Å². The molecule has 9 heteroatoms. The number of nitrogens with zero attached hydrogens (tertiary/aromatic N) is 4. The molecular weight excluding hydrogens is 434 g/mol. The van der Waals surface area contributed by atoms with Crippen molar-refractivity contribution in [1.82, 2.24) is 24.9 Å². The predicted molar refractivity (Wildman–Crippen MR) is 126 cm³/mol. The minimum Gasteiger partial charge on any atom is -0.497 e. The van der Waals surface area contributed by atoms with Gasteiger partial charge in [-0.05, 0) is 62.8 Å². The van der Waals surface area contributed by atoms with Crippen molar-refractivity contribution < 1.29 is 19.1 Å². The van der Waals surface area contributed by atoms with Crippen LogP contribution < -0.4 is 10.1 Å². The van der Waals surface area contributed by atoms with E-state index < -0.39 is 5.54 Å². The summed E-state index contributed by atoms with van der Waals surface area (Å²) in [5.74, 6) is 0.685. The van der Waals surface area contributed by atoms with E-state index in [-0.39, 0.29) is 23.8 Å². The van der Waals surface area contributed by atoms with Crippen molar-refractivity contribution in [1.29, 1.82) is 0 Å². The van der Waals surface area contributed by atoms with Gasteiger partial charge < -0.3 is 15.0 Å². The molecule has 2 saturated heterocycles. The summed E-state index contributed by atoms with van der Waals surface area (Å²) in [5.41, 5.74) is 1.04. The van der Waals surface area contributed by atoms with Crippen molar-refractivity contribution >= 4 is 17.8 Å². The van der Waals surface area contributed by atoms with E-state index in [1.54, 1.807) is 11.8 Å². The van der Waals surface area contributed by atoms with Gasteiger partial charge in [0.1, 0.15) is 11.3 Å². The Kier molecular flexibility index (Phi) is 6.90. The second-order valence-electron chi connectivity index (χ2n) is 9.31. The molecule has 2 fully saturated rings. The minimum absolute atomic E-state index is 0.00671. The molecule has 0 saturated carbocycles. The smallest absolute Gasteiger partial charge is 0.325 e. The van der Waals surface area contributed by atoms with Crippen LogP contribution in [-0.4, -0.2) is 69.7 Å². The highest BCUT2D eigenvalue weighted by molar-refractivity contribution is 6.07. The fourth-order valence-corrected chi connectivity index (χ4v) is 4.89. The van der Waals surface area contributed by atoms with Crippen molar-refractivity contribution in [2.75, 3.05) is 26.7 Å². The summed E-state index contributed by atoms with van der Waals surface area (Å²) in [7, 11) is 1.62. The van der Waals surface area contributed by atoms with Crippen molar-refractivity contribution in [2.45, 2.75) is 51.6 Å². The first kappa shape index (κ1) is 23.8. The average molecular weight is 468 g/mol. The lowest BCUT2D eigenvalue weighted by molar-refractivity contribution is -0.135. The molecule has 4 amide bonds. The number of nitrogens with one attached hydrogen (secondary N) is 1. The number of urea groups is 1. The van der Waals surface area contributed by atoms with Crippen LogP contribution in [0.2, 0.25) is 0 Å². The summed E-state index contributed by atoms with van der Waals surface area (Å²) < 4.78 is 6.96. The number of amides is 4. The lowest BCUT2D eigenvalue weighted by Gasteiger charge is -2.39. The standard InChI is InChI=1S/C25H33N5O4/c1-18-8-15-29(27-18)16-12-22(31)28-13-10-20(11-14-28)25(2)23(32)30(24(33)26-25)17-9-19-4-6-21(34-3)7-5-19/h4-8,15,20H,9-14,16-17H2,1-3H3,(H,26,33)/t25-/m1/s1. The van der Waals surface area contributed by atoms with Crippen LogP contribution >= 0.6 is 0 Å². The molecule has 2 aliphatic rings. The summed E-state index contributed by atoms with van der Waals surface area (Å²) in [4.78, 5) is 41.8. The van der Waals surface area contributed by atoms with Gasteiger partial charge in [-0.1, -0.05) is 12.1 Å². The van der Waals surface area contributed by atoms with Crippen molar-refractivity contribution in [3.05, 3.63) is 47.8 Å². The van der Waals surface area contributed by atoms with Gasteiger partial charge in [-0.15, -0.1) is 0 Å². The van der Waals surface area contributed by atoms with Gasteiger partial charge in [-0.25, -0.2) is 4.79 Å². The number of carbonyl (C=O) groups is 3. The molecule has 34 heavy (non-hydrogen) atoms. The molecule has 2 aliphatic heterocycles. The number of rotatable bonds is 8. The Morgan fingerprint density at radius 3 is 2.47 bits per heavy atom. The second kappa shape index (κ2) is 9.87. The number of likely N-dealkylation sites (tertiary alicyclic amines) is 1. The molecule has 9 nitrogen and oxygen atoms in total. The number of aromatic nitrogens is 2. The molecule has 0 spiro atoms. The van der Waals surface area contributed by atoms with E-state index in [1.807, 2.05) is 55.3 Å². The fraction of sp³-hybridized carbons (Fsp3) is 0.520. The third-order valence-corrected chi connectivity index (χ3v) is 7.08. The molecule has 1 aromatic heterocycles. The summed E-state index contributed by atoms with van der Waals surface area (Å²) >= 11 is 0. The van der Waals surface area contributed by atoms with Crippen LogP contribution in [0.4, 0.5) is 4.79 Å². The SMILES string of the molecule is COc1ccc(CCN2C(=O)N[C@](C)(C3CCN(C(=O)CCn4ccc(C)n4)CC3)C2=O)cc1. The van der Waals surface area contributed by atoms with Crippen molar-refractivity contribution in [3.63, 3.8) is 0 Å². The van der Waals surface area contributed by atoms with Crippen LogP contribution in [0.1, 0.15) is 37.4 Å². The highest BCUT2D eigenvalue weighted by Gasteiger charge is 2.52. The Morgan fingerprint density at radius 2 is 1.85 bits per heavy atom. The maximum Gasteiger partial charge on any atom is 0.325 e. The van der Waals surface area contributed by atoms with Crippen molar-refractivity contribution in [3.8, 4) is 5.75 Å². The van der Waals surface area contributed by atoms with E-state index in [4.69, 9.17) is 4.74 Å². The zero-order valence-corrected chi connectivity index (χ0v) is 20.1. The van der Waals surface area contributed by atoms with Gasteiger partial charge in [-0.3, -0.25) is 19.2 Å². The Hall–Kier alpha value is -3.36. The first-order chi connectivity index (χ1) is 16.3. The molecule has 182 valence electrons. The Labute approximate surface area is 200 Å². The Bertz CT molecular complexity index is 1040. The summed E-state index contributed by atoms with van der Waals surface area (Å²) in [6.07, 6.45) is 4.23. The van der Waals surface area contributed by atoms with Gasteiger partial charge in [0.25, 0.3) is 5.91 Å². The predicted octanol–water partition coefficient (Wildman–Crippen LogP) is 2.38. The lowest BCUT2D eigenvalue weighted by Crippen LogP contribution is -2.54. The van der Waals surface area contributed by atoms with Gasteiger partial charge in [0.15, 0.2) is 0 Å². The summed E-state index contributed by atoms with van der Waals surface area (Å²) in [5, 5.41) is 7.27. The number of benzene rings is 1. The molecule has 0 unspecified atom stereocenters. The van der Waals surface area contributed by atoms with Gasteiger partial charge >= 0.3 is 6.03 Å². The van der Waals surface area contributed by atoms with Gasteiger partial charge in [0.05, 0.1) is 12.8 Å². The molecular formula is C25H33N5O4. The zero-order chi connectivity index (χ0) is 24.3. The maximum atomic E-state index is 13.3. The molecule has 0 aliphatic carbocycles. The number of imide groups is 1. The van der Waals surface area contributed by atoms with E-state index >= 15 is 0 Å². The summed E-state index contributed by atoms with van der Waals surface area (Å²) in [6, 6.07) is 9.21. The number of aryl methyl sites for hydroxylation is 2. The zero-order valence-electron chi connectivity index (χ0n) is 20.1. The molecule has 1 aromatic carbocycles. The number of hydrogen-bond donors (Lipinski definition) is 1. The van der Waals surface area contributed by atoms with Crippen LogP contribution in [0, 0.1) is 12.8 Å². The van der Waals surface area contributed by atoms with Crippen LogP contribution in [-0.2, 0) is 22.6 Å². The Balaban J connectivity index is 1.29. The summed E-state index contributed by atoms with van der Waals surface area (Å²) in [6.45, 7) is 5.81. The van der Waals surface area contributed by atoms with E-state index in [2.05, 4.69) is 10.4 Å². The van der Waals surface area contributed by atoms with Crippen LogP contribution in [0.3, 0.4) is 0 Å². The first-order valence-electron chi connectivity index (χ1n) is 11.8. The second-order valence-corrected chi connectivity index (χ2v) is 9.31. The van der Waals surface area contributed by atoms with E-state index in [0.717, 1.165) is 17.0 Å². The molecule has 2 aromatic rings. The molecule has 1 N–H and O–H groups in total. The lowest BCUT2D eigenvalue weighted by atomic mass is 9.79. The average Bonchev–Trinajstić information content (AvgIpc) is 3.36. The molecule has 0 radical (unpaired) electrons. The van der Waals surface area contributed by atoms with Crippen LogP contribution in [0.5, 0.6) is 5.75 Å². The number of piperidine rings is 1. The highest BCUT2D eigenvalue weighted by Crippen LogP contribution is 2.33. The van der Waals surface area contributed by atoms with E-state index in [9.17, 15) is 14.4 Å². The highest BCUT2D eigenvalue weighted by atomic mass is 16.5. The molecule has 1 atom stereocenters. The van der Waals surface area contributed by atoms with Crippen molar-refractivity contribution in [2.24, 2.45) is 5.92 Å². The largest absolute Gasteiger partial charge is 0.497 e. The first-order valence-corrected chi connectivity index (χ1v) is 11.8. The quantitative estimate of drug-likeness (QED) is 0.602. The maximum absolute atomic E-state index is 13.3. The topological polar surface area (TPSA) is 96.8 Å².